The fraction of sp³-hybridized carbons (Fsp3) is 0.478. The molecule has 0 saturated heterocycles. The van der Waals surface area contributed by atoms with E-state index in [9.17, 15) is 5.11 Å². The lowest BCUT2D eigenvalue weighted by Crippen LogP contribution is -2.40. The van der Waals surface area contributed by atoms with Crippen molar-refractivity contribution in [3.05, 3.63) is 59.2 Å². The Morgan fingerprint density at radius 3 is 2.21 bits per heavy atom. The van der Waals surface area contributed by atoms with Crippen molar-refractivity contribution in [1.29, 1.82) is 0 Å². The normalized spacial score (nSPS) is 13.2. The highest BCUT2D eigenvalue weighted by atomic mass is 28.4. The maximum atomic E-state index is 10.9. The van der Waals surface area contributed by atoms with Crippen molar-refractivity contribution in [1.82, 2.24) is 0 Å². The van der Waals surface area contributed by atoms with Crippen molar-refractivity contribution in [2.75, 3.05) is 21.0 Å². The molecule has 1 unspecified atom stereocenters. The molecular formula is C23H34O5Si. The van der Waals surface area contributed by atoms with Gasteiger partial charge in [-0.05, 0) is 35.8 Å². The first kappa shape index (κ1) is 23.4. The number of aliphatic hydroxyl groups excluding tert-OH is 1. The molecule has 0 spiro atoms. The third-order valence-electron chi connectivity index (χ3n) is 5.55. The van der Waals surface area contributed by atoms with Crippen molar-refractivity contribution < 1.29 is 23.7 Å². The Morgan fingerprint density at radius 2 is 1.66 bits per heavy atom. The molecule has 1 N–H and O–H groups in total. The second-order valence-electron chi connectivity index (χ2n) is 8.61. The van der Waals surface area contributed by atoms with E-state index in [1.165, 1.54) is 0 Å². The molecule has 0 aromatic heterocycles. The summed E-state index contributed by atoms with van der Waals surface area (Å²) < 4.78 is 22.9. The van der Waals surface area contributed by atoms with Crippen molar-refractivity contribution in [2.45, 2.75) is 51.6 Å². The molecule has 0 radical (unpaired) electrons. The summed E-state index contributed by atoms with van der Waals surface area (Å²) in [6.45, 7) is 11.6. The smallest absolute Gasteiger partial charge is 0.192 e. The second-order valence-corrected chi connectivity index (χ2v) is 13.4. The average molecular weight is 419 g/mol. The van der Waals surface area contributed by atoms with Crippen LogP contribution in [-0.4, -0.2) is 34.4 Å². The van der Waals surface area contributed by atoms with Gasteiger partial charge in [-0.1, -0.05) is 51.1 Å². The van der Waals surface area contributed by atoms with E-state index >= 15 is 0 Å². The Labute approximate surface area is 175 Å². The fourth-order valence-electron chi connectivity index (χ4n) is 2.67. The molecule has 0 saturated carbocycles. The van der Waals surface area contributed by atoms with Crippen molar-refractivity contribution >= 4 is 8.32 Å². The SMILES string of the molecule is COCOc1cc(CO[Si](C)(C)C(C)(C)C)c(OC)cc1C(O)c1ccccc1. The Hall–Kier alpha value is -1.86. The maximum Gasteiger partial charge on any atom is 0.192 e. The Balaban J connectivity index is 2.41. The minimum atomic E-state index is -1.92. The van der Waals surface area contributed by atoms with Gasteiger partial charge in [-0.2, -0.15) is 0 Å². The number of ether oxygens (including phenoxy) is 3. The average Bonchev–Trinajstić information content (AvgIpc) is 2.69. The summed E-state index contributed by atoms with van der Waals surface area (Å²) in [7, 11) is 1.27. The van der Waals surface area contributed by atoms with Crippen LogP contribution in [0.5, 0.6) is 11.5 Å². The van der Waals surface area contributed by atoms with Gasteiger partial charge in [0.25, 0.3) is 0 Å². The summed E-state index contributed by atoms with van der Waals surface area (Å²) in [5.74, 6) is 1.22. The zero-order valence-corrected chi connectivity index (χ0v) is 19.6. The predicted molar refractivity (Wildman–Crippen MR) is 118 cm³/mol. The van der Waals surface area contributed by atoms with Crippen LogP contribution in [0.25, 0.3) is 0 Å². The first-order chi connectivity index (χ1) is 13.6. The molecule has 0 aliphatic rings. The van der Waals surface area contributed by atoms with Crippen LogP contribution in [-0.2, 0) is 15.8 Å². The van der Waals surface area contributed by atoms with Gasteiger partial charge in [0.1, 0.15) is 17.6 Å². The quantitative estimate of drug-likeness (QED) is 0.443. The summed E-state index contributed by atoms with van der Waals surface area (Å²) in [6, 6.07) is 13.2. The van der Waals surface area contributed by atoms with E-state index in [1.807, 2.05) is 42.5 Å². The summed E-state index contributed by atoms with van der Waals surface area (Å²) in [4.78, 5) is 0. The van der Waals surface area contributed by atoms with Crippen LogP contribution < -0.4 is 9.47 Å². The summed E-state index contributed by atoms with van der Waals surface area (Å²) in [5, 5.41) is 11.1. The molecule has 160 valence electrons. The highest BCUT2D eigenvalue weighted by Gasteiger charge is 2.37. The van der Waals surface area contributed by atoms with Gasteiger partial charge in [0.15, 0.2) is 15.1 Å². The minimum absolute atomic E-state index is 0.0867. The molecule has 0 bridgehead atoms. The lowest BCUT2D eigenvalue weighted by Gasteiger charge is -2.36. The predicted octanol–water partition coefficient (Wildman–Crippen LogP) is 5.28. The lowest BCUT2D eigenvalue weighted by atomic mass is 9.98. The standard InChI is InChI=1S/C23H34O5Si/c1-23(2,3)29(6,7)28-15-18-13-21(27-16-25-4)19(14-20(18)26-5)22(24)17-11-9-8-10-12-17/h8-14,22,24H,15-16H2,1-7H3. The molecule has 5 nitrogen and oxygen atoms in total. The summed E-state index contributed by atoms with van der Waals surface area (Å²) in [5.41, 5.74) is 2.29. The highest BCUT2D eigenvalue weighted by Crippen LogP contribution is 2.40. The third kappa shape index (κ3) is 5.82. The molecule has 2 aromatic rings. The van der Waals surface area contributed by atoms with Gasteiger partial charge in [0, 0.05) is 18.2 Å². The van der Waals surface area contributed by atoms with Gasteiger partial charge in [-0.15, -0.1) is 0 Å². The second kappa shape index (κ2) is 9.76. The topological polar surface area (TPSA) is 57.2 Å². The van der Waals surface area contributed by atoms with Crippen LogP contribution in [0, 0.1) is 0 Å². The Bertz CT molecular complexity index is 784. The molecule has 1 atom stereocenters. The van der Waals surface area contributed by atoms with Gasteiger partial charge < -0.3 is 23.7 Å². The molecule has 0 fully saturated rings. The number of rotatable bonds is 9. The zero-order chi connectivity index (χ0) is 21.7. The molecule has 0 heterocycles. The molecular weight excluding hydrogens is 384 g/mol. The van der Waals surface area contributed by atoms with Gasteiger partial charge >= 0.3 is 0 Å². The van der Waals surface area contributed by atoms with E-state index < -0.39 is 14.4 Å². The van der Waals surface area contributed by atoms with Crippen LogP contribution in [0.1, 0.15) is 43.6 Å². The van der Waals surface area contributed by atoms with Gasteiger partial charge in [0.2, 0.25) is 0 Å². The summed E-state index contributed by atoms with van der Waals surface area (Å²) >= 11 is 0. The van der Waals surface area contributed by atoms with Crippen molar-refractivity contribution in [3.8, 4) is 11.5 Å². The van der Waals surface area contributed by atoms with Crippen molar-refractivity contribution in [3.63, 3.8) is 0 Å². The first-order valence-corrected chi connectivity index (χ1v) is 12.7. The molecule has 29 heavy (non-hydrogen) atoms. The molecule has 6 heteroatoms. The number of aliphatic hydroxyl groups is 1. The lowest BCUT2D eigenvalue weighted by molar-refractivity contribution is 0.0485. The van der Waals surface area contributed by atoms with Crippen LogP contribution in [0.3, 0.4) is 0 Å². The third-order valence-corrected chi connectivity index (χ3v) is 10.0. The maximum absolute atomic E-state index is 10.9. The molecule has 0 aliphatic carbocycles. The van der Waals surface area contributed by atoms with Crippen LogP contribution in [0.2, 0.25) is 18.1 Å². The highest BCUT2D eigenvalue weighted by molar-refractivity contribution is 6.74. The zero-order valence-electron chi connectivity index (χ0n) is 18.6. The molecule has 2 rings (SSSR count). The molecule has 2 aromatic carbocycles. The largest absolute Gasteiger partial charge is 0.496 e. The van der Waals surface area contributed by atoms with E-state index in [0.717, 1.165) is 11.1 Å². The van der Waals surface area contributed by atoms with Crippen LogP contribution in [0.15, 0.2) is 42.5 Å². The molecule has 0 amide bonds. The molecule has 0 aliphatic heterocycles. The van der Waals surface area contributed by atoms with Gasteiger partial charge in [-0.3, -0.25) is 0 Å². The van der Waals surface area contributed by atoms with Gasteiger partial charge in [0.05, 0.1) is 13.7 Å². The number of hydrogen-bond donors (Lipinski definition) is 1. The van der Waals surface area contributed by atoms with Crippen molar-refractivity contribution in [2.24, 2.45) is 0 Å². The first-order valence-electron chi connectivity index (χ1n) is 9.80. The summed E-state index contributed by atoms with van der Waals surface area (Å²) in [6.07, 6.45) is -0.840. The number of methoxy groups -OCH3 is 2. The van der Waals surface area contributed by atoms with E-state index in [4.69, 9.17) is 18.6 Å². The van der Waals surface area contributed by atoms with E-state index in [2.05, 4.69) is 33.9 Å². The van der Waals surface area contributed by atoms with Crippen LogP contribution in [0.4, 0.5) is 0 Å². The van der Waals surface area contributed by atoms with E-state index in [0.29, 0.717) is 23.7 Å². The van der Waals surface area contributed by atoms with Crippen LogP contribution >= 0.6 is 0 Å². The monoisotopic (exact) mass is 418 g/mol. The Kier molecular flexibility index (Phi) is 7.88. The number of hydrogen-bond acceptors (Lipinski definition) is 5. The fourth-order valence-corrected chi connectivity index (χ4v) is 3.62. The van der Waals surface area contributed by atoms with E-state index in [-0.39, 0.29) is 11.8 Å². The number of benzene rings is 2. The minimum Gasteiger partial charge on any atom is -0.496 e. The Morgan fingerprint density at radius 1 is 1.00 bits per heavy atom. The van der Waals surface area contributed by atoms with Gasteiger partial charge in [-0.25, -0.2) is 0 Å². The van der Waals surface area contributed by atoms with E-state index in [1.54, 1.807) is 14.2 Å².